The SMILES string of the molecule is C/C=C1/CC[C@@H](C(=O)OCC)[C@H](C2CCCCC2)C1. The molecule has 2 saturated carbocycles. The number of carbonyl (C=O) groups is 1. The number of hydrogen-bond acceptors (Lipinski definition) is 2. The molecule has 0 spiro atoms. The van der Waals surface area contributed by atoms with E-state index in [9.17, 15) is 4.79 Å². The van der Waals surface area contributed by atoms with E-state index in [-0.39, 0.29) is 11.9 Å². The standard InChI is InChI=1S/C17H28O2/c1-3-13-10-11-15(17(18)19-4-2)16(12-13)14-8-6-5-7-9-14/h3,14-16H,4-12H2,1-2H3/b13-3-/t15-,16+/m1/s1. The predicted molar refractivity (Wildman–Crippen MR) is 77.8 cm³/mol. The van der Waals surface area contributed by atoms with E-state index in [4.69, 9.17) is 4.74 Å². The number of esters is 1. The average molecular weight is 264 g/mol. The molecule has 2 aliphatic rings. The summed E-state index contributed by atoms with van der Waals surface area (Å²) in [5.74, 6) is 1.51. The summed E-state index contributed by atoms with van der Waals surface area (Å²) in [5, 5.41) is 0. The van der Waals surface area contributed by atoms with Crippen molar-refractivity contribution in [3.63, 3.8) is 0 Å². The highest BCUT2D eigenvalue weighted by atomic mass is 16.5. The van der Waals surface area contributed by atoms with Crippen molar-refractivity contribution in [2.75, 3.05) is 6.61 Å². The maximum Gasteiger partial charge on any atom is 0.309 e. The molecule has 0 amide bonds. The molecule has 2 heteroatoms. The number of ether oxygens (including phenoxy) is 1. The Morgan fingerprint density at radius 1 is 1.26 bits per heavy atom. The topological polar surface area (TPSA) is 26.3 Å². The molecule has 0 aromatic rings. The van der Waals surface area contributed by atoms with Crippen LogP contribution in [0.1, 0.15) is 65.2 Å². The van der Waals surface area contributed by atoms with E-state index in [1.807, 2.05) is 6.92 Å². The van der Waals surface area contributed by atoms with Gasteiger partial charge in [-0.3, -0.25) is 4.79 Å². The molecule has 19 heavy (non-hydrogen) atoms. The summed E-state index contributed by atoms with van der Waals surface area (Å²) >= 11 is 0. The Labute approximate surface area is 117 Å². The largest absolute Gasteiger partial charge is 0.466 e. The number of allylic oxidation sites excluding steroid dienone is 2. The first-order valence-corrected chi connectivity index (χ1v) is 8.07. The van der Waals surface area contributed by atoms with E-state index in [1.54, 1.807) is 5.57 Å². The molecule has 0 heterocycles. The van der Waals surface area contributed by atoms with E-state index in [0.29, 0.717) is 12.5 Å². The molecule has 0 radical (unpaired) electrons. The Morgan fingerprint density at radius 3 is 2.63 bits per heavy atom. The van der Waals surface area contributed by atoms with Crippen molar-refractivity contribution >= 4 is 5.97 Å². The highest BCUT2D eigenvalue weighted by Crippen LogP contribution is 2.43. The first kappa shape index (κ1) is 14.6. The lowest BCUT2D eigenvalue weighted by Crippen LogP contribution is -2.35. The fourth-order valence-corrected chi connectivity index (χ4v) is 3.96. The lowest BCUT2D eigenvalue weighted by Gasteiger charge is -2.38. The Hall–Kier alpha value is -0.790. The summed E-state index contributed by atoms with van der Waals surface area (Å²) in [6, 6.07) is 0. The number of carbonyl (C=O) groups excluding carboxylic acids is 1. The molecule has 0 N–H and O–H groups in total. The minimum atomic E-state index is 0.0632. The van der Waals surface area contributed by atoms with Gasteiger partial charge < -0.3 is 4.74 Å². The highest BCUT2D eigenvalue weighted by Gasteiger charge is 2.38. The van der Waals surface area contributed by atoms with E-state index >= 15 is 0 Å². The monoisotopic (exact) mass is 264 g/mol. The third kappa shape index (κ3) is 3.61. The van der Waals surface area contributed by atoms with Gasteiger partial charge in [-0.05, 0) is 44.9 Å². The predicted octanol–water partition coefficient (Wildman–Crippen LogP) is 4.49. The average Bonchev–Trinajstić information content (AvgIpc) is 2.47. The second kappa shape index (κ2) is 7.12. The van der Waals surface area contributed by atoms with Crippen LogP contribution in [0.15, 0.2) is 11.6 Å². The van der Waals surface area contributed by atoms with Crippen molar-refractivity contribution in [3.05, 3.63) is 11.6 Å². The van der Waals surface area contributed by atoms with E-state index in [2.05, 4.69) is 13.0 Å². The molecule has 0 aromatic heterocycles. The second-order valence-corrected chi connectivity index (χ2v) is 6.11. The van der Waals surface area contributed by atoms with Gasteiger partial charge in [0, 0.05) is 0 Å². The molecule has 2 aliphatic carbocycles. The quantitative estimate of drug-likeness (QED) is 0.554. The maximum absolute atomic E-state index is 12.2. The van der Waals surface area contributed by atoms with Crippen LogP contribution in [-0.4, -0.2) is 12.6 Å². The van der Waals surface area contributed by atoms with Crippen molar-refractivity contribution in [1.82, 2.24) is 0 Å². The summed E-state index contributed by atoms with van der Waals surface area (Å²) in [7, 11) is 0. The Bertz CT molecular complexity index is 326. The first-order valence-electron chi connectivity index (χ1n) is 8.07. The lowest BCUT2D eigenvalue weighted by atomic mass is 9.66. The molecule has 2 nitrogen and oxygen atoms in total. The van der Waals surface area contributed by atoms with Crippen LogP contribution >= 0.6 is 0 Å². The van der Waals surface area contributed by atoms with Gasteiger partial charge in [-0.15, -0.1) is 0 Å². The molecule has 0 bridgehead atoms. The van der Waals surface area contributed by atoms with Gasteiger partial charge in [0.25, 0.3) is 0 Å². The molecule has 0 unspecified atom stereocenters. The van der Waals surface area contributed by atoms with Crippen LogP contribution in [-0.2, 0) is 9.53 Å². The summed E-state index contributed by atoms with van der Waals surface area (Å²) in [4.78, 5) is 12.2. The molecule has 0 saturated heterocycles. The van der Waals surface area contributed by atoms with Gasteiger partial charge in [0.15, 0.2) is 0 Å². The van der Waals surface area contributed by atoms with Crippen molar-refractivity contribution in [2.45, 2.75) is 65.2 Å². The van der Waals surface area contributed by atoms with Crippen LogP contribution < -0.4 is 0 Å². The molecule has 0 aromatic carbocycles. The minimum Gasteiger partial charge on any atom is -0.466 e. The Balaban J connectivity index is 2.08. The smallest absolute Gasteiger partial charge is 0.309 e. The van der Waals surface area contributed by atoms with Crippen molar-refractivity contribution in [1.29, 1.82) is 0 Å². The molecule has 2 fully saturated rings. The lowest BCUT2D eigenvalue weighted by molar-refractivity contribution is -0.152. The van der Waals surface area contributed by atoms with Gasteiger partial charge in [0.1, 0.15) is 0 Å². The zero-order valence-electron chi connectivity index (χ0n) is 12.5. The minimum absolute atomic E-state index is 0.0632. The third-order valence-corrected chi connectivity index (χ3v) is 5.04. The van der Waals surface area contributed by atoms with Gasteiger partial charge in [0.05, 0.1) is 12.5 Å². The normalized spacial score (nSPS) is 31.4. The van der Waals surface area contributed by atoms with E-state index in [0.717, 1.165) is 25.2 Å². The molecule has 2 rings (SSSR count). The van der Waals surface area contributed by atoms with Crippen LogP contribution in [0.5, 0.6) is 0 Å². The summed E-state index contributed by atoms with van der Waals surface area (Å²) in [6.45, 7) is 4.56. The van der Waals surface area contributed by atoms with Gasteiger partial charge in [-0.2, -0.15) is 0 Å². The molecular weight excluding hydrogens is 236 g/mol. The van der Waals surface area contributed by atoms with Crippen LogP contribution in [0.2, 0.25) is 0 Å². The Kier molecular flexibility index (Phi) is 5.47. The van der Waals surface area contributed by atoms with Gasteiger partial charge in [-0.1, -0.05) is 43.8 Å². The first-order chi connectivity index (χ1) is 9.26. The summed E-state index contributed by atoms with van der Waals surface area (Å²) < 4.78 is 5.31. The highest BCUT2D eigenvalue weighted by molar-refractivity contribution is 5.73. The van der Waals surface area contributed by atoms with E-state index < -0.39 is 0 Å². The zero-order valence-corrected chi connectivity index (χ0v) is 12.5. The molecule has 2 atom stereocenters. The number of rotatable bonds is 3. The maximum atomic E-state index is 12.2. The van der Waals surface area contributed by atoms with E-state index in [1.165, 1.54) is 32.1 Å². The summed E-state index contributed by atoms with van der Waals surface area (Å²) in [6.07, 6.45) is 12.2. The van der Waals surface area contributed by atoms with Crippen molar-refractivity contribution in [2.24, 2.45) is 17.8 Å². The van der Waals surface area contributed by atoms with Crippen LogP contribution in [0, 0.1) is 17.8 Å². The fraction of sp³-hybridized carbons (Fsp3) is 0.824. The molecule has 0 aliphatic heterocycles. The van der Waals surface area contributed by atoms with Crippen LogP contribution in [0.4, 0.5) is 0 Å². The van der Waals surface area contributed by atoms with Crippen LogP contribution in [0.3, 0.4) is 0 Å². The van der Waals surface area contributed by atoms with Crippen molar-refractivity contribution in [3.8, 4) is 0 Å². The zero-order chi connectivity index (χ0) is 13.7. The third-order valence-electron chi connectivity index (χ3n) is 5.04. The fourth-order valence-electron chi connectivity index (χ4n) is 3.96. The second-order valence-electron chi connectivity index (χ2n) is 6.11. The summed E-state index contributed by atoms with van der Waals surface area (Å²) in [5.41, 5.74) is 1.55. The Morgan fingerprint density at radius 2 is 2.00 bits per heavy atom. The van der Waals surface area contributed by atoms with Gasteiger partial charge in [-0.25, -0.2) is 0 Å². The molecular formula is C17H28O2. The van der Waals surface area contributed by atoms with Crippen molar-refractivity contribution < 1.29 is 9.53 Å². The van der Waals surface area contributed by atoms with Gasteiger partial charge in [0.2, 0.25) is 0 Å². The van der Waals surface area contributed by atoms with Crippen LogP contribution in [0.25, 0.3) is 0 Å². The van der Waals surface area contributed by atoms with Gasteiger partial charge >= 0.3 is 5.97 Å². The molecule has 108 valence electrons. The number of hydrogen-bond donors (Lipinski definition) is 0.